The van der Waals surface area contributed by atoms with E-state index in [4.69, 9.17) is 9.15 Å². The molecule has 4 heterocycles. The van der Waals surface area contributed by atoms with Crippen molar-refractivity contribution in [2.24, 2.45) is 0 Å². The number of para-hydroxylation sites is 4. The van der Waals surface area contributed by atoms with Gasteiger partial charge in [-0.15, -0.1) is 0 Å². The molecular formula is C48H30N2O2. The highest BCUT2D eigenvalue weighted by atomic mass is 16.5. The molecular weight excluding hydrogens is 637 g/mol. The lowest BCUT2D eigenvalue weighted by Gasteiger charge is -2.25. The van der Waals surface area contributed by atoms with E-state index in [-0.39, 0.29) is 12.0 Å². The second-order valence-corrected chi connectivity index (χ2v) is 14.0. The second kappa shape index (κ2) is 10.4. The summed E-state index contributed by atoms with van der Waals surface area (Å²) in [5.41, 5.74) is 12.6. The molecule has 2 unspecified atom stereocenters. The van der Waals surface area contributed by atoms with Crippen molar-refractivity contribution in [2.75, 3.05) is 0 Å². The molecule has 2 aliphatic rings. The molecule has 0 spiro atoms. The minimum absolute atomic E-state index is 0.0130. The normalized spacial score (nSPS) is 16.7. The molecule has 3 aromatic heterocycles. The Labute approximate surface area is 298 Å². The van der Waals surface area contributed by atoms with E-state index in [9.17, 15) is 0 Å². The number of fused-ring (bicyclic) bond motifs is 12. The van der Waals surface area contributed by atoms with E-state index in [1.807, 2.05) is 12.1 Å². The number of rotatable bonds is 3. The van der Waals surface area contributed by atoms with E-state index in [1.165, 1.54) is 66.0 Å². The Balaban J connectivity index is 1.05. The van der Waals surface area contributed by atoms with Gasteiger partial charge in [-0.05, 0) is 83.9 Å². The van der Waals surface area contributed by atoms with Gasteiger partial charge in [-0.3, -0.25) is 0 Å². The summed E-state index contributed by atoms with van der Waals surface area (Å²) in [5.74, 6) is 1.11. The van der Waals surface area contributed by atoms with Crippen molar-refractivity contribution >= 4 is 71.2 Å². The van der Waals surface area contributed by atoms with Crippen LogP contribution in [0, 0.1) is 0 Å². The topological polar surface area (TPSA) is 32.2 Å². The highest BCUT2D eigenvalue weighted by molar-refractivity contribution is 6.16. The van der Waals surface area contributed by atoms with Crippen LogP contribution in [-0.4, -0.2) is 15.2 Å². The summed E-state index contributed by atoms with van der Waals surface area (Å²) in [6.45, 7) is 0. The van der Waals surface area contributed by atoms with Crippen molar-refractivity contribution in [2.45, 2.75) is 12.0 Å². The van der Waals surface area contributed by atoms with Gasteiger partial charge in [0.2, 0.25) is 0 Å². The number of nitrogens with zero attached hydrogens (tertiary/aromatic N) is 2. The summed E-state index contributed by atoms with van der Waals surface area (Å²) in [4.78, 5) is 0. The number of hydrogen-bond acceptors (Lipinski definition) is 2. The number of hydrogen-bond donors (Lipinski definition) is 0. The molecule has 1 aliphatic carbocycles. The molecule has 52 heavy (non-hydrogen) atoms. The van der Waals surface area contributed by atoms with Crippen molar-refractivity contribution in [3.63, 3.8) is 0 Å². The Morgan fingerprint density at radius 2 is 1.10 bits per heavy atom. The van der Waals surface area contributed by atoms with E-state index < -0.39 is 0 Å². The SMILES string of the molecule is C1=CC2Oc3ccccc3C2C(n2c3ccccc3c3cc(-c4ccc5c(c4)c4ccccc4n5-c4cccc5oc6ccccc6c45)ccc32)=C1. The maximum Gasteiger partial charge on any atom is 0.137 e. The molecule has 12 rings (SSSR count). The van der Waals surface area contributed by atoms with E-state index in [2.05, 4.69) is 167 Å². The van der Waals surface area contributed by atoms with E-state index >= 15 is 0 Å². The maximum absolute atomic E-state index is 6.42. The second-order valence-electron chi connectivity index (χ2n) is 14.0. The van der Waals surface area contributed by atoms with Crippen molar-refractivity contribution in [3.8, 4) is 22.6 Å². The molecule has 0 bridgehead atoms. The first-order valence-electron chi connectivity index (χ1n) is 17.9. The summed E-state index contributed by atoms with van der Waals surface area (Å²) in [5, 5.41) is 7.21. The van der Waals surface area contributed by atoms with Crippen LogP contribution in [0.25, 0.3) is 88.1 Å². The lowest BCUT2D eigenvalue weighted by Crippen LogP contribution is -2.21. The monoisotopic (exact) mass is 666 g/mol. The Kier molecular flexibility index (Phi) is 5.58. The zero-order valence-electron chi connectivity index (χ0n) is 28.0. The molecule has 0 radical (unpaired) electrons. The molecule has 4 nitrogen and oxygen atoms in total. The Morgan fingerprint density at radius 3 is 1.88 bits per heavy atom. The van der Waals surface area contributed by atoms with Gasteiger partial charge in [0.25, 0.3) is 0 Å². The molecule has 0 N–H and O–H groups in total. The first kappa shape index (κ1) is 28.0. The van der Waals surface area contributed by atoms with Gasteiger partial charge in [0.05, 0.1) is 39.1 Å². The molecule has 244 valence electrons. The zero-order valence-corrected chi connectivity index (χ0v) is 28.0. The highest BCUT2D eigenvalue weighted by Crippen LogP contribution is 2.48. The lowest BCUT2D eigenvalue weighted by molar-refractivity contribution is 0.270. The summed E-state index contributed by atoms with van der Waals surface area (Å²) in [7, 11) is 0. The molecule has 7 aromatic carbocycles. The molecule has 0 fully saturated rings. The fourth-order valence-corrected chi connectivity index (χ4v) is 9.08. The van der Waals surface area contributed by atoms with Crippen LogP contribution < -0.4 is 4.74 Å². The predicted octanol–water partition coefficient (Wildman–Crippen LogP) is 12.4. The highest BCUT2D eigenvalue weighted by Gasteiger charge is 2.38. The molecule has 0 amide bonds. The molecule has 10 aromatic rings. The van der Waals surface area contributed by atoms with E-state index in [0.717, 1.165) is 33.4 Å². The van der Waals surface area contributed by atoms with Crippen LogP contribution in [0.3, 0.4) is 0 Å². The standard InChI is InChI=1S/C48H30N2O2/c1-5-15-37-31(11-1)35-27-29(23-25-39(35)49(37)41-17-9-21-45-47(41)33-13-3-7-19-43(33)51-45)30-24-26-40-36(28-30)32-12-2-6-16-38(32)50(40)42-18-10-22-46-48(42)34-14-4-8-20-44(34)52-46/h1-28,45,47H. The summed E-state index contributed by atoms with van der Waals surface area (Å²) in [6, 6.07) is 54.6. The van der Waals surface area contributed by atoms with Gasteiger partial charge in [-0.25, -0.2) is 0 Å². The lowest BCUT2D eigenvalue weighted by atomic mass is 9.88. The van der Waals surface area contributed by atoms with Gasteiger partial charge in [0, 0.05) is 38.2 Å². The van der Waals surface area contributed by atoms with Crippen molar-refractivity contribution in [1.29, 1.82) is 0 Å². The quantitative estimate of drug-likeness (QED) is 0.188. The minimum atomic E-state index is -0.0130. The molecule has 0 saturated carbocycles. The third-order valence-electron chi connectivity index (χ3n) is 11.3. The van der Waals surface area contributed by atoms with Gasteiger partial charge in [0.15, 0.2) is 0 Å². The van der Waals surface area contributed by atoms with Crippen molar-refractivity contribution < 1.29 is 9.15 Å². The first-order chi connectivity index (χ1) is 25.8. The minimum Gasteiger partial charge on any atom is -0.485 e. The third-order valence-corrected chi connectivity index (χ3v) is 11.3. The van der Waals surface area contributed by atoms with Gasteiger partial charge >= 0.3 is 0 Å². The molecule has 1 aliphatic heterocycles. The van der Waals surface area contributed by atoms with Crippen molar-refractivity contribution in [3.05, 3.63) is 175 Å². The molecule has 0 saturated heterocycles. The van der Waals surface area contributed by atoms with Crippen LogP contribution in [0.15, 0.2) is 174 Å². The number of furan rings is 1. The Morgan fingerprint density at radius 1 is 0.481 bits per heavy atom. The summed E-state index contributed by atoms with van der Waals surface area (Å²) in [6.07, 6.45) is 6.59. The first-order valence-corrected chi connectivity index (χ1v) is 17.9. The van der Waals surface area contributed by atoms with Gasteiger partial charge < -0.3 is 18.3 Å². The number of benzene rings is 7. The van der Waals surface area contributed by atoms with E-state index in [1.54, 1.807) is 0 Å². The van der Waals surface area contributed by atoms with Crippen molar-refractivity contribution in [1.82, 2.24) is 9.13 Å². The zero-order chi connectivity index (χ0) is 33.9. The Hall–Kier alpha value is -6.78. The van der Waals surface area contributed by atoms with Crippen LogP contribution in [0.5, 0.6) is 5.75 Å². The van der Waals surface area contributed by atoms with Gasteiger partial charge in [-0.2, -0.15) is 0 Å². The third kappa shape index (κ3) is 3.76. The van der Waals surface area contributed by atoms with Crippen LogP contribution in [0.1, 0.15) is 11.5 Å². The predicted molar refractivity (Wildman–Crippen MR) is 214 cm³/mol. The molecule has 4 heteroatoms. The maximum atomic E-state index is 6.42. The average molecular weight is 667 g/mol. The van der Waals surface area contributed by atoms with E-state index in [0.29, 0.717) is 0 Å². The smallest absolute Gasteiger partial charge is 0.137 e. The fourth-order valence-electron chi connectivity index (χ4n) is 9.08. The number of allylic oxidation sites excluding steroid dienone is 2. The molecule has 2 atom stereocenters. The average Bonchev–Trinajstić information content (AvgIpc) is 3.95. The number of aromatic nitrogens is 2. The van der Waals surface area contributed by atoms with Crippen LogP contribution in [0.4, 0.5) is 0 Å². The number of ether oxygens (including phenoxy) is 1. The fraction of sp³-hybridized carbons (Fsp3) is 0.0417. The van der Waals surface area contributed by atoms with Crippen LogP contribution >= 0.6 is 0 Å². The van der Waals surface area contributed by atoms with Gasteiger partial charge in [-0.1, -0.05) is 97.1 Å². The summed E-state index contributed by atoms with van der Waals surface area (Å²) >= 11 is 0. The Bertz CT molecular complexity index is 3190. The van der Waals surface area contributed by atoms with Crippen LogP contribution in [-0.2, 0) is 0 Å². The van der Waals surface area contributed by atoms with Gasteiger partial charge in [0.1, 0.15) is 23.0 Å². The summed E-state index contributed by atoms with van der Waals surface area (Å²) < 4.78 is 17.6. The largest absolute Gasteiger partial charge is 0.485 e. The van der Waals surface area contributed by atoms with Crippen LogP contribution in [0.2, 0.25) is 0 Å².